The second-order valence-corrected chi connectivity index (χ2v) is 5.89. The van der Waals surface area contributed by atoms with Crippen LogP contribution in [0.5, 0.6) is 11.5 Å². The maximum Gasteiger partial charge on any atom is 0.161 e. The topological polar surface area (TPSA) is 30.5 Å². The van der Waals surface area contributed by atoms with E-state index in [1.54, 1.807) is 0 Å². The average Bonchev–Trinajstić information content (AvgIpc) is 2.47. The van der Waals surface area contributed by atoms with E-state index in [4.69, 9.17) is 9.47 Å². The maximum absolute atomic E-state index is 5.85. The molecular formula is C17H27NO2. The van der Waals surface area contributed by atoms with E-state index in [-0.39, 0.29) is 0 Å². The summed E-state index contributed by atoms with van der Waals surface area (Å²) in [5.74, 6) is 2.87. The lowest BCUT2D eigenvalue weighted by atomic mass is 9.91. The number of piperidine rings is 1. The number of hydrogen-bond donors (Lipinski definition) is 1. The molecule has 0 saturated carbocycles. The lowest BCUT2D eigenvalue weighted by Crippen LogP contribution is -2.28. The molecule has 1 aromatic rings. The molecule has 1 aliphatic rings. The molecule has 3 heteroatoms. The van der Waals surface area contributed by atoms with E-state index in [1.165, 1.54) is 18.4 Å². The van der Waals surface area contributed by atoms with Crippen LogP contribution in [-0.4, -0.2) is 26.3 Å². The molecule has 1 fully saturated rings. The molecular weight excluding hydrogens is 250 g/mol. The first-order valence-corrected chi connectivity index (χ1v) is 7.81. The molecule has 0 radical (unpaired) electrons. The predicted molar refractivity (Wildman–Crippen MR) is 82.8 cm³/mol. The smallest absolute Gasteiger partial charge is 0.161 e. The van der Waals surface area contributed by atoms with Gasteiger partial charge in [-0.1, -0.05) is 19.9 Å². The molecule has 1 heterocycles. The Morgan fingerprint density at radius 2 is 2.10 bits per heavy atom. The third kappa shape index (κ3) is 4.14. The minimum Gasteiger partial charge on any atom is -0.490 e. The SMILES string of the molecule is CCOc1cc(C2CCCNC2)ccc1OCC(C)C. The molecule has 0 amide bonds. The first-order valence-electron chi connectivity index (χ1n) is 7.81. The van der Waals surface area contributed by atoms with Crippen molar-refractivity contribution in [2.45, 2.75) is 39.5 Å². The highest BCUT2D eigenvalue weighted by Crippen LogP contribution is 2.33. The highest BCUT2D eigenvalue weighted by atomic mass is 16.5. The summed E-state index contributed by atoms with van der Waals surface area (Å²) in [5.41, 5.74) is 1.36. The number of rotatable bonds is 6. The Hall–Kier alpha value is -1.22. The van der Waals surface area contributed by atoms with Gasteiger partial charge in [0, 0.05) is 6.54 Å². The quantitative estimate of drug-likeness (QED) is 0.862. The summed E-state index contributed by atoms with van der Waals surface area (Å²) >= 11 is 0. The summed E-state index contributed by atoms with van der Waals surface area (Å²) < 4.78 is 11.6. The van der Waals surface area contributed by atoms with Crippen molar-refractivity contribution in [3.05, 3.63) is 23.8 Å². The summed E-state index contributed by atoms with van der Waals surface area (Å²) in [6.45, 7) is 9.93. The van der Waals surface area contributed by atoms with Crippen molar-refractivity contribution in [2.24, 2.45) is 5.92 Å². The van der Waals surface area contributed by atoms with Gasteiger partial charge in [0.2, 0.25) is 0 Å². The zero-order valence-corrected chi connectivity index (χ0v) is 12.9. The van der Waals surface area contributed by atoms with Gasteiger partial charge in [-0.3, -0.25) is 0 Å². The molecule has 2 rings (SSSR count). The second kappa shape index (κ2) is 7.53. The summed E-state index contributed by atoms with van der Waals surface area (Å²) in [6, 6.07) is 6.42. The van der Waals surface area contributed by atoms with E-state index >= 15 is 0 Å². The van der Waals surface area contributed by atoms with E-state index in [9.17, 15) is 0 Å². The minimum atomic E-state index is 0.520. The zero-order chi connectivity index (χ0) is 14.4. The molecule has 0 aliphatic carbocycles. The molecule has 20 heavy (non-hydrogen) atoms. The fourth-order valence-corrected chi connectivity index (χ4v) is 2.56. The Bertz CT molecular complexity index is 411. The van der Waals surface area contributed by atoms with E-state index in [0.29, 0.717) is 18.4 Å². The van der Waals surface area contributed by atoms with Gasteiger partial charge < -0.3 is 14.8 Å². The van der Waals surface area contributed by atoms with Crippen molar-refractivity contribution in [2.75, 3.05) is 26.3 Å². The van der Waals surface area contributed by atoms with Gasteiger partial charge >= 0.3 is 0 Å². The van der Waals surface area contributed by atoms with Gasteiger partial charge in [-0.25, -0.2) is 0 Å². The van der Waals surface area contributed by atoms with Gasteiger partial charge in [0.25, 0.3) is 0 Å². The van der Waals surface area contributed by atoms with Gasteiger partial charge in [0.1, 0.15) is 0 Å². The Balaban J connectivity index is 2.13. The van der Waals surface area contributed by atoms with Crippen LogP contribution in [0.2, 0.25) is 0 Å². The van der Waals surface area contributed by atoms with Crippen molar-refractivity contribution < 1.29 is 9.47 Å². The monoisotopic (exact) mass is 277 g/mol. The standard InChI is InChI=1S/C17H27NO2/c1-4-19-17-10-14(15-6-5-9-18-11-15)7-8-16(17)20-12-13(2)3/h7-8,10,13,15,18H,4-6,9,11-12H2,1-3H3. The van der Waals surface area contributed by atoms with Gasteiger partial charge in [0.15, 0.2) is 11.5 Å². The van der Waals surface area contributed by atoms with Crippen molar-refractivity contribution in [1.29, 1.82) is 0 Å². The van der Waals surface area contributed by atoms with Crippen LogP contribution in [0.4, 0.5) is 0 Å². The predicted octanol–water partition coefficient (Wildman–Crippen LogP) is 3.59. The normalized spacial score (nSPS) is 19.1. The average molecular weight is 277 g/mol. The van der Waals surface area contributed by atoms with E-state index in [2.05, 4.69) is 37.4 Å². The molecule has 1 atom stereocenters. The summed E-state index contributed by atoms with van der Waals surface area (Å²) in [4.78, 5) is 0. The van der Waals surface area contributed by atoms with Crippen LogP contribution in [0, 0.1) is 5.92 Å². The molecule has 1 N–H and O–H groups in total. The summed E-state index contributed by atoms with van der Waals surface area (Å²) in [5, 5.41) is 3.47. The van der Waals surface area contributed by atoms with Crippen molar-refractivity contribution in [3.8, 4) is 11.5 Å². The van der Waals surface area contributed by atoms with Crippen LogP contribution in [0.1, 0.15) is 45.1 Å². The molecule has 1 saturated heterocycles. The fraction of sp³-hybridized carbons (Fsp3) is 0.647. The van der Waals surface area contributed by atoms with Crippen LogP contribution in [0.25, 0.3) is 0 Å². The molecule has 0 bridgehead atoms. The Labute approximate surface area is 122 Å². The minimum absolute atomic E-state index is 0.520. The highest BCUT2D eigenvalue weighted by Gasteiger charge is 2.17. The van der Waals surface area contributed by atoms with Gasteiger partial charge in [-0.2, -0.15) is 0 Å². The third-order valence-electron chi connectivity index (χ3n) is 3.61. The Morgan fingerprint density at radius 1 is 1.25 bits per heavy atom. The third-order valence-corrected chi connectivity index (χ3v) is 3.61. The van der Waals surface area contributed by atoms with E-state index in [0.717, 1.165) is 31.2 Å². The number of ether oxygens (including phenoxy) is 2. The van der Waals surface area contributed by atoms with E-state index < -0.39 is 0 Å². The van der Waals surface area contributed by atoms with Crippen LogP contribution in [0.3, 0.4) is 0 Å². The molecule has 0 spiro atoms. The number of nitrogens with one attached hydrogen (secondary N) is 1. The lowest BCUT2D eigenvalue weighted by Gasteiger charge is -2.24. The maximum atomic E-state index is 5.85. The van der Waals surface area contributed by atoms with Crippen LogP contribution < -0.4 is 14.8 Å². The first kappa shape index (κ1) is 15.2. The molecule has 0 aromatic heterocycles. The lowest BCUT2D eigenvalue weighted by molar-refractivity contribution is 0.247. The largest absolute Gasteiger partial charge is 0.490 e. The van der Waals surface area contributed by atoms with Gasteiger partial charge in [-0.05, 0) is 55.8 Å². The second-order valence-electron chi connectivity index (χ2n) is 5.89. The van der Waals surface area contributed by atoms with Gasteiger partial charge in [-0.15, -0.1) is 0 Å². The van der Waals surface area contributed by atoms with Crippen molar-refractivity contribution in [3.63, 3.8) is 0 Å². The van der Waals surface area contributed by atoms with Crippen LogP contribution >= 0.6 is 0 Å². The first-order chi connectivity index (χ1) is 9.70. The van der Waals surface area contributed by atoms with Gasteiger partial charge in [0.05, 0.1) is 13.2 Å². The number of hydrogen-bond acceptors (Lipinski definition) is 3. The van der Waals surface area contributed by atoms with Crippen LogP contribution in [0.15, 0.2) is 18.2 Å². The fourth-order valence-electron chi connectivity index (χ4n) is 2.56. The molecule has 1 unspecified atom stereocenters. The van der Waals surface area contributed by atoms with Crippen molar-refractivity contribution in [1.82, 2.24) is 5.32 Å². The molecule has 112 valence electrons. The van der Waals surface area contributed by atoms with Crippen LogP contribution in [-0.2, 0) is 0 Å². The Kier molecular flexibility index (Phi) is 5.72. The number of benzene rings is 1. The molecule has 1 aliphatic heterocycles. The molecule has 1 aromatic carbocycles. The molecule has 3 nitrogen and oxygen atoms in total. The van der Waals surface area contributed by atoms with Crippen molar-refractivity contribution >= 4 is 0 Å². The zero-order valence-electron chi connectivity index (χ0n) is 12.9. The highest BCUT2D eigenvalue weighted by molar-refractivity contribution is 5.44. The summed E-state index contributed by atoms with van der Waals surface area (Å²) in [7, 11) is 0. The Morgan fingerprint density at radius 3 is 2.75 bits per heavy atom. The van der Waals surface area contributed by atoms with E-state index in [1.807, 2.05) is 6.92 Å². The summed E-state index contributed by atoms with van der Waals surface area (Å²) in [6.07, 6.45) is 2.50.